The molecule has 208 valence electrons. The van der Waals surface area contributed by atoms with Gasteiger partial charge in [-0.3, -0.25) is 4.40 Å². The van der Waals surface area contributed by atoms with Gasteiger partial charge in [0.05, 0.1) is 17.1 Å². The molecule has 0 amide bonds. The minimum Gasteiger partial charge on any atom is -0.359 e. The highest BCUT2D eigenvalue weighted by molar-refractivity contribution is 6.09. The normalized spacial score (nSPS) is 14.3. The molecule has 1 atom stereocenters. The van der Waals surface area contributed by atoms with E-state index in [-0.39, 0.29) is 6.17 Å². The van der Waals surface area contributed by atoms with Crippen molar-refractivity contribution in [3.63, 3.8) is 0 Å². The fraction of sp³-hybridized carbons (Fsp3) is 0.0256. The predicted octanol–water partition coefficient (Wildman–Crippen LogP) is 9.63. The summed E-state index contributed by atoms with van der Waals surface area (Å²) in [6.07, 6.45) is 2.02. The molecule has 9 rings (SSSR count). The van der Waals surface area contributed by atoms with Crippen LogP contribution in [-0.4, -0.2) is 14.4 Å². The Morgan fingerprint density at radius 3 is 2.20 bits per heavy atom. The third-order valence-electron chi connectivity index (χ3n) is 8.60. The van der Waals surface area contributed by atoms with Crippen molar-refractivity contribution < 1.29 is 0 Å². The first kappa shape index (κ1) is 24.6. The second-order valence-electron chi connectivity index (χ2n) is 11.2. The van der Waals surface area contributed by atoms with E-state index in [9.17, 15) is 0 Å². The van der Waals surface area contributed by atoms with Crippen LogP contribution in [0.15, 0.2) is 152 Å². The maximum absolute atomic E-state index is 5.17. The van der Waals surface area contributed by atoms with Crippen molar-refractivity contribution in [3.05, 3.63) is 157 Å². The molecule has 5 aromatic carbocycles. The number of pyridine rings is 2. The van der Waals surface area contributed by atoms with Gasteiger partial charge in [0.2, 0.25) is 0 Å². The molecule has 4 heterocycles. The first-order valence-electron chi connectivity index (χ1n) is 14.9. The van der Waals surface area contributed by atoms with E-state index >= 15 is 0 Å². The Morgan fingerprint density at radius 1 is 0.568 bits per heavy atom. The van der Waals surface area contributed by atoms with Gasteiger partial charge >= 0.3 is 0 Å². The number of nitrogens with zero attached hydrogens (tertiary/aromatic N) is 4. The molecular weight excluding hydrogens is 538 g/mol. The fourth-order valence-electron chi connectivity index (χ4n) is 6.53. The molecule has 8 aromatic rings. The van der Waals surface area contributed by atoms with Crippen molar-refractivity contribution in [1.29, 1.82) is 0 Å². The minimum absolute atomic E-state index is 0.0122. The van der Waals surface area contributed by atoms with Crippen LogP contribution in [0.1, 0.15) is 11.7 Å². The lowest BCUT2D eigenvalue weighted by atomic mass is 9.98. The van der Waals surface area contributed by atoms with E-state index in [1.54, 1.807) is 0 Å². The fourth-order valence-corrected chi connectivity index (χ4v) is 6.53. The Kier molecular flexibility index (Phi) is 5.50. The van der Waals surface area contributed by atoms with Gasteiger partial charge in [0.15, 0.2) is 5.65 Å². The van der Waals surface area contributed by atoms with Gasteiger partial charge in [-0.05, 0) is 59.2 Å². The summed E-state index contributed by atoms with van der Waals surface area (Å²) in [4.78, 5) is 12.5. The van der Waals surface area contributed by atoms with Gasteiger partial charge in [0, 0.05) is 28.2 Å². The second kappa shape index (κ2) is 9.82. The Morgan fingerprint density at radius 2 is 1.32 bits per heavy atom. The van der Waals surface area contributed by atoms with Gasteiger partial charge in [-0.2, -0.15) is 0 Å². The zero-order valence-corrected chi connectivity index (χ0v) is 23.8. The first-order chi connectivity index (χ1) is 21.8. The number of fused-ring (bicyclic) bond motifs is 6. The molecule has 0 aliphatic carbocycles. The third kappa shape index (κ3) is 3.87. The van der Waals surface area contributed by atoms with Crippen molar-refractivity contribution in [3.8, 4) is 22.4 Å². The van der Waals surface area contributed by atoms with Crippen LogP contribution in [0.3, 0.4) is 0 Å². The molecular formula is C39H27N5. The molecule has 1 N–H and O–H groups in total. The van der Waals surface area contributed by atoms with Crippen molar-refractivity contribution in [2.45, 2.75) is 6.17 Å². The molecule has 0 fully saturated rings. The van der Waals surface area contributed by atoms with E-state index in [2.05, 4.69) is 142 Å². The standard InChI is InChI=1S/C39H27N5/c1-2-13-30(14-3-1)44-34-18-7-6-17-33(34)40-38(44)29-12-10-11-28(25-29)26-20-22-27(23-21-26)36-31-15-4-5-16-32(31)37-39(42-36)43-24-9-8-19-35(43)41-37/h1-25,38,40H. The van der Waals surface area contributed by atoms with Crippen LogP contribution in [-0.2, 0) is 0 Å². The van der Waals surface area contributed by atoms with Crippen LogP contribution in [0.25, 0.3) is 50.0 Å². The topological polar surface area (TPSA) is 45.5 Å². The number of rotatable bonds is 4. The van der Waals surface area contributed by atoms with E-state index in [0.29, 0.717) is 0 Å². The molecule has 0 saturated carbocycles. The van der Waals surface area contributed by atoms with Gasteiger partial charge in [0.1, 0.15) is 17.3 Å². The van der Waals surface area contributed by atoms with E-state index in [0.717, 1.165) is 55.8 Å². The maximum atomic E-state index is 5.17. The van der Waals surface area contributed by atoms with E-state index in [1.165, 1.54) is 16.8 Å². The Hall–Kier alpha value is -5.94. The van der Waals surface area contributed by atoms with Gasteiger partial charge in [-0.15, -0.1) is 0 Å². The molecule has 44 heavy (non-hydrogen) atoms. The number of hydrogen-bond acceptors (Lipinski definition) is 4. The minimum atomic E-state index is -0.0122. The first-order valence-corrected chi connectivity index (χ1v) is 14.9. The van der Waals surface area contributed by atoms with E-state index in [1.807, 2.05) is 24.4 Å². The van der Waals surface area contributed by atoms with Gasteiger partial charge in [0.25, 0.3) is 0 Å². The molecule has 1 aliphatic rings. The van der Waals surface area contributed by atoms with Crippen LogP contribution < -0.4 is 10.2 Å². The molecule has 1 unspecified atom stereocenters. The molecule has 0 spiro atoms. The predicted molar refractivity (Wildman–Crippen MR) is 180 cm³/mol. The summed E-state index contributed by atoms with van der Waals surface area (Å²) in [6.45, 7) is 0. The lowest BCUT2D eigenvalue weighted by molar-refractivity contribution is 0.828. The molecule has 3 aromatic heterocycles. The number of aromatic nitrogens is 3. The summed E-state index contributed by atoms with van der Waals surface area (Å²) in [5.74, 6) is 0. The number of hydrogen-bond donors (Lipinski definition) is 1. The molecule has 5 nitrogen and oxygen atoms in total. The largest absolute Gasteiger partial charge is 0.359 e. The highest BCUT2D eigenvalue weighted by Gasteiger charge is 2.31. The SMILES string of the molecule is c1ccc(N2c3ccccc3NC2c2cccc(-c3ccc(-c4nc5c(nc6ccccn65)c5ccccc45)cc3)c2)cc1. The van der Waals surface area contributed by atoms with E-state index < -0.39 is 0 Å². The van der Waals surface area contributed by atoms with Gasteiger partial charge < -0.3 is 10.2 Å². The number of para-hydroxylation sites is 3. The van der Waals surface area contributed by atoms with Gasteiger partial charge in [-0.25, -0.2) is 9.97 Å². The van der Waals surface area contributed by atoms with Crippen molar-refractivity contribution in [1.82, 2.24) is 14.4 Å². The smallest absolute Gasteiger partial charge is 0.165 e. The zero-order chi connectivity index (χ0) is 29.0. The lowest BCUT2D eigenvalue weighted by Gasteiger charge is -2.27. The second-order valence-corrected chi connectivity index (χ2v) is 11.2. The zero-order valence-electron chi connectivity index (χ0n) is 23.8. The molecule has 5 heteroatoms. The lowest BCUT2D eigenvalue weighted by Crippen LogP contribution is -2.23. The Bertz CT molecular complexity index is 2320. The van der Waals surface area contributed by atoms with Crippen LogP contribution in [0.5, 0.6) is 0 Å². The van der Waals surface area contributed by atoms with Crippen LogP contribution in [0, 0.1) is 0 Å². The summed E-state index contributed by atoms with van der Waals surface area (Å²) in [5.41, 5.74) is 11.8. The van der Waals surface area contributed by atoms with Crippen molar-refractivity contribution in [2.75, 3.05) is 10.2 Å². The maximum Gasteiger partial charge on any atom is 0.165 e. The van der Waals surface area contributed by atoms with Crippen LogP contribution in [0.4, 0.5) is 17.1 Å². The third-order valence-corrected chi connectivity index (χ3v) is 8.60. The number of anilines is 3. The molecule has 0 saturated heterocycles. The number of imidazole rings is 1. The van der Waals surface area contributed by atoms with Crippen LogP contribution >= 0.6 is 0 Å². The van der Waals surface area contributed by atoms with Crippen molar-refractivity contribution >= 4 is 44.6 Å². The summed E-state index contributed by atoms with van der Waals surface area (Å²) >= 11 is 0. The summed E-state index contributed by atoms with van der Waals surface area (Å²) < 4.78 is 2.07. The van der Waals surface area contributed by atoms with Gasteiger partial charge in [-0.1, -0.05) is 103 Å². The van der Waals surface area contributed by atoms with Crippen molar-refractivity contribution in [2.24, 2.45) is 0 Å². The summed E-state index contributed by atoms with van der Waals surface area (Å²) in [6, 6.07) is 51.2. The Balaban J connectivity index is 1.11. The van der Waals surface area contributed by atoms with Crippen LogP contribution in [0.2, 0.25) is 0 Å². The average Bonchev–Trinajstić information content (AvgIpc) is 3.68. The number of benzene rings is 5. The van der Waals surface area contributed by atoms with E-state index in [4.69, 9.17) is 9.97 Å². The molecule has 0 bridgehead atoms. The average molecular weight is 566 g/mol. The number of nitrogens with one attached hydrogen (secondary N) is 1. The molecule has 0 radical (unpaired) electrons. The summed E-state index contributed by atoms with van der Waals surface area (Å²) in [5, 5.41) is 5.98. The summed E-state index contributed by atoms with van der Waals surface area (Å²) in [7, 11) is 0. The molecule has 1 aliphatic heterocycles. The highest BCUT2D eigenvalue weighted by atomic mass is 15.3. The highest BCUT2D eigenvalue weighted by Crippen LogP contribution is 2.46. The monoisotopic (exact) mass is 565 g/mol. The quantitative estimate of drug-likeness (QED) is 0.231. The Labute approximate surface area is 254 Å².